The zero-order valence-electron chi connectivity index (χ0n) is 13.6. The topological polar surface area (TPSA) is 46.1 Å². The third-order valence-electron chi connectivity index (χ3n) is 3.98. The van der Waals surface area contributed by atoms with Crippen molar-refractivity contribution in [2.75, 3.05) is 11.9 Å². The number of amides is 2. The van der Waals surface area contributed by atoms with Crippen molar-refractivity contribution in [1.29, 1.82) is 0 Å². The molecule has 0 unspecified atom stereocenters. The first-order valence-corrected chi connectivity index (χ1v) is 8.04. The molecular weight excluding hydrogens is 305 g/mol. The maximum atomic E-state index is 12.8. The number of carbonyl (C=O) groups is 1. The molecule has 2 amide bonds. The first-order chi connectivity index (χ1) is 11.7. The molecule has 2 aromatic carbocycles. The molecule has 0 saturated heterocycles. The number of aryl methyl sites for hydroxylation is 1. The van der Waals surface area contributed by atoms with E-state index >= 15 is 0 Å². The number of benzene rings is 2. The second-order valence-electron chi connectivity index (χ2n) is 5.63. The van der Waals surface area contributed by atoms with Crippen molar-refractivity contribution in [2.24, 2.45) is 0 Å². The Balaban J connectivity index is 1.55. The summed E-state index contributed by atoms with van der Waals surface area (Å²) in [6, 6.07) is 14.0. The van der Waals surface area contributed by atoms with Crippen LogP contribution in [0.1, 0.15) is 12.5 Å². The highest BCUT2D eigenvalue weighted by molar-refractivity contribution is 5.92. The molecule has 4 nitrogen and oxygen atoms in total. The maximum absolute atomic E-state index is 12.8. The van der Waals surface area contributed by atoms with E-state index < -0.39 is 0 Å². The van der Waals surface area contributed by atoms with Crippen LogP contribution in [0.3, 0.4) is 0 Å². The van der Waals surface area contributed by atoms with Gasteiger partial charge in [0.1, 0.15) is 5.82 Å². The molecule has 24 heavy (non-hydrogen) atoms. The summed E-state index contributed by atoms with van der Waals surface area (Å²) in [4.78, 5) is 12.0. The fourth-order valence-electron chi connectivity index (χ4n) is 2.68. The average molecular weight is 325 g/mol. The minimum Gasteiger partial charge on any atom is -0.348 e. The van der Waals surface area contributed by atoms with Gasteiger partial charge >= 0.3 is 6.03 Å². The lowest BCUT2D eigenvalue weighted by atomic mass is 10.1. The minimum atomic E-state index is -0.253. The lowest BCUT2D eigenvalue weighted by molar-refractivity contribution is 0.252. The van der Waals surface area contributed by atoms with Gasteiger partial charge in [0.05, 0.1) is 5.52 Å². The summed E-state index contributed by atoms with van der Waals surface area (Å²) in [7, 11) is 0. The van der Waals surface area contributed by atoms with E-state index in [0.29, 0.717) is 13.0 Å². The molecule has 3 rings (SSSR count). The predicted octanol–water partition coefficient (Wildman–Crippen LogP) is 4.16. The van der Waals surface area contributed by atoms with Crippen LogP contribution in [-0.4, -0.2) is 17.1 Å². The number of fused-ring (bicyclic) bond motifs is 1. The summed E-state index contributed by atoms with van der Waals surface area (Å²) in [6.07, 6.45) is 2.70. The smallest absolute Gasteiger partial charge is 0.319 e. The van der Waals surface area contributed by atoms with Gasteiger partial charge in [-0.25, -0.2) is 9.18 Å². The molecule has 0 radical (unpaired) electrons. The molecule has 0 bridgehead atoms. The molecular formula is C19H20FN3O. The van der Waals surface area contributed by atoms with Crippen LogP contribution in [0.15, 0.2) is 54.7 Å². The number of hydrogen-bond donors (Lipinski definition) is 2. The van der Waals surface area contributed by atoms with Crippen LogP contribution in [-0.2, 0) is 13.0 Å². The van der Waals surface area contributed by atoms with Crippen LogP contribution in [0.5, 0.6) is 0 Å². The summed E-state index contributed by atoms with van der Waals surface area (Å²) >= 11 is 0. The molecule has 0 saturated carbocycles. The maximum Gasteiger partial charge on any atom is 0.319 e. The number of nitrogens with one attached hydrogen (secondary N) is 2. The van der Waals surface area contributed by atoms with E-state index in [1.165, 1.54) is 12.1 Å². The number of carbonyl (C=O) groups excluding carboxylic acids is 1. The van der Waals surface area contributed by atoms with E-state index in [4.69, 9.17) is 0 Å². The lowest BCUT2D eigenvalue weighted by Gasteiger charge is -2.09. The highest BCUT2D eigenvalue weighted by Crippen LogP contribution is 2.20. The van der Waals surface area contributed by atoms with Crippen molar-refractivity contribution in [1.82, 2.24) is 9.88 Å². The number of aromatic nitrogens is 1. The normalized spacial score (nSPS) is 10.8. The lowest BCUT2D eigenvalue weighted by Crippen LogP contribution is -2.30. The molecule has 0 aliphatic heterocycles. The van der Waals surface area contributed by atoms with E-state index in [0.717, 1.165) is 28.7 Å². The van der Waals surface area contributed by atoms with Gasteiger partial charge in [-0.2, -0.15) is 0 Å². The Labute approximate surface area is 140 Å². The molecule has 1 aromatic heterocycles. The minimum absolute atomic E-state index is 0.244. The molecule has 124 valence electrons. The van der Waals surface area contributed by atoms with Crippen molar-refractivity contribution >= 4 is 22.6 Å². The monoisotopic (exact) mass is 325 g/mol. The van der Waals surface area contributed by atoms with Crippen molar-refractivity contribution in [3.8, 4) is 0 Å². The number of rotatable bonds is 5. The second-order valence-corrected chi connectivity index (χ2v) is 5.63. The molecule has 2 N–H and O–H groups in total. The van der Waals surface area contributed by atoms with Gasteiger partial charge in [0.2, 0.25) is 0 Å². The van der Waals surface area contributed by atoms with Crippen molar-refractivity contribution in [3.05, 3.63) is 66.1 Å². The first-order valence-electron chi connectivity index (χ1n) is 8.04. The second kappa shape index (κ2) is 7.17. The standard InChI is InChI=1S/C19H20FN3O/c1-2-23-12-10-15-5-8-17(13-18(15)23)22-19(24)21-11-9-14-3-6-16(20)7-4-14/h3-8,10,12-13H,2,9,11H2,1H3,(H2,21,22,24). The molecule has 0 aliphatic carbocycles. The SMILES string of the molecule is CCn1ccc2ccc(NC(=O)NCCc3ccc(F)cc3)cc21. The van der Waals surface area contributed by atoms with Gasteiger partial charge in [-0.05, 0) is 54.6 Å². The zero-order chi connectivity index (χ0) is 16.9. The van der Waals surface area contributed by atoms with Crippen LogP contribution in [0.2, 0.25) is 0 Å². The van der Waals surface area contributed by atoms with Crippen LogP contribution < -0.4 is 10.6 Å². The zero-order valence-corrected chi connectivity index (χ0v) is 13.6. The van der Waals surface area contributed by atoms with Crippen molar-refractivity contribution < 1.29 is 9.18 Å². The van der Waals surface area contributed by atoms with Crippen LogP contribution in [0.25, 0.3) is 10.9 Å². The number of halogens is 1. The van der Waals surface area contributed by atoms with Gasteiger partial charge in [0.15, 0.2) is 0 Å². The van der Waals surface area contributed by atoms with E-state index in [-0.39, 0.29) is 11.8 Å². The largest absolute Gasteiger partial charge is 0.348 e. The first kappa shape index (κ1) is 16.1. The van der Waals surface area contributed by atoms with Gasteiger partial charge in [0, 0.05) is 25.0 Å². The number of anilines is 1. The molecule has 0 aliphatic rings. The summed E-state index contributed by atoms with van der Waals surface area (Å²) in [5.41, 5.74) is 2.84. The van der Waals surface area contributed by atoms with E-state index in [2.05, 4.69) is 28.2 Å². The number of urea groups is 1. The summed E-state index contributed by atoms with van der Waals surface area (Å²) in [5.74, 6) is -0.253. The van der Waals surface area contributed by atoms with E-state index in [9.17, 15) is 9.18 Å². The molecule has 3 aromatic rings. The molecule has 0 atom stereocenters. The van der Waals surface area contributed by atoms with E-state index in [1.54, 1.807) is 12.1 Å². The summed E-state index contributed by atoms with van der Waals surface area (Å²) in [6.45, 7) is 3.46. The Bertz CT molecular complexity index is 839. The van der Waals surface area contributed by atoms with Gasteiger partial charge < -0.3 is 15.2 Å². The third kappa shape index (κ3) is 3.74. The summed E-state index contributed by atoms with van der Waals surface area (Å²) in [5, 5.41) is 6.81. The molecule has 5 heteroatoms. The van der Waals surface area contributed by atoms with E-state index in [1.807, 2.05) is 24.4 Å². The van der Waals surface area contributed by atoms with Gasteiger partial charge in [-0.1, -0.05) is 18.2 Å². The Morgan fingerprint density at radius 1 is 1.12 bits per heavy atom. The Kier molecular flexibility index (Phi) is 4.79. The average Bonchev–Trinajstić information content (AvgIpc) is 2.99. The van der Waals surface area contributed by atoms with Gasteiger partial charge in [0.25, 0.3) is 0 Å². The third-order valence-corrected chi connectivity index (χ3v) is 3.98. The van der Waals surface area contributed by atoms with Gasteiger partial charge in [-0.3, -0.25) is 0 Å². The Hall–Kier alpha value is -2.82. The van der Waals surface area contributed by atoms with Gasteiger partial charge in [-0.15, -0.1) is 0 Å². The molecule has 1 heterocycles. The molecule has 0 fully saturated rings. The fourth-order valence-corrected chi connectivity index (χ4v) is 2.68. The summed E-state index contributed by atoms with van der Waals surface area (Å²) < 4.78 is 15.0. The van der Waals surface area contributed by atoms with Crippen molar-refractivity contribution in [3.63, 3.8) is 0 Å². The van der Waals surface area contributed by atoms with Crippen LogP contribution >= 0.6 is 0 Å². The van der Waals surface area contributed by atoms with Crippen molar-refractivity contribution in [2.45, 2.75) is 19.9 Å². The quantitative estimate of drug-likeness (QED) is 0.727. The van der Waals surface area contributed by atoms with Crippen LogP contribution in [0, 0.1) is 5.82 Å². The Morgan fingerprint density at radius 3 is 2.67 bits per heavy atom. The highest BCUT2D eigenvalue weighted by atomic mass is 19.1. The number of hydrogen-bond acceptors (Lipinski definition) is 1. The Morgan fingerprint density at radius 2 is 1.92 bits per heavy atom. The highest BCUT2D eigenvalue weighted by Gasteiger charge is 2.05. The fraction of sp³-hybridized carbons (Fsp3) is 0.211. The van der Waals surface area contributed by atoms with Crippen LogP contribution in [0.4, 0.5) is 14.9 Å². The predicted molar refractivity (Wildman–Crippen MR) is 94.7 cm³/mol. The molecule has 0 spiro atoms. The number of nitrogens with zero attached hydrogens (tertiary/aromatic N) is 1.